The third kappa shape index (κ3) is 6.79. The number of aryl methyl sites for hydroxylation is 1. The molecule has 0 unspecified atom stereocenters. The molecule has 0 spiro atoms. The van der Waals surface area contributed by atoms with Crippen LogP contribution < -0.4 is 10.2 Å². The van der Waals surface area contributed by atoms with Gasteiger partial charge in [0, 0.05) is 24.3 Å². The number of hydrogen-bond donors (Lipinski definition) is 1. The van der Waals surface area contributed by atoms with Gasteiger partial charge in [0.25, 0.3) is 5.91 Å². The van der Waals surface area contributed by atoms with Gasteiger partial charge in [0.15, 0.2) is 0 Å². The number of carbonyl (C=O) groups excluding carboxylic acids is 2. The molecule has 0 aromatic heterocycles. The molecule has 1 N–H and O–H groups in total. The summed E-state index contributed by atoms with van der Waals surface area (Å²) in [7, 11) is 3.95. The molecule has 166 valence electrons. The van der Waals surface area contributed by atoms with Crippen LogP contribution in [0.25, 0.3) is 0 Å². The van der Waals surface area contributed by atoms with Crippen molar-refractivity contribution in [2.45, 2.75) is 19.9 Å². The lowest BCUT2D eigenvalue weighted by Crippen LogP contribution is -2.32. The van der Waals surface area contributed by atoms with Gasteiger partial charge in [0.1, 0.15) is 0 Å². The van der Waals surface area contributed by atoms with Gasteiger partial charge in [-0.3, -0.25) is 9.59 Å². The second kappa shape index (κ2) is 11.3. The highest BCUT2D eigenvalue weighted by Crippen LogP contribution is 2.22. The van der Waals surface area contributed by atoms with Crippen LogP contribution in [0.2, 0.25) is 0 Å². The average Bonchev–Trinajstić information content (AvgIpc) is 2.78. The highest BCUT2D eigenvalue weighted by atomic mass is 16.2. The van der Waals surface area contributed by atoms with Crippen LogP contribution in [0.15, 0.2) is 78.9 Å². The highest BCUT2D eigenvalue weighted by Gasteiger charge is 2.19. The summed E-state index contributed by atoms with van der Waals surface area (Å²) in [6, 6.07) is 25.2. The minimum Gasteiger partial charge on any atom is -0.355 e. The normalized spacial score (nSPS) is 10.8. The van der Waals surface area contributed by atoms with Gasteiger partial charge in [-0.05, 0) is 56.4 Å². The molecular formula is C27H31N3O2. The first-order valence-electron chi connectivity index (χ1n) is 10.8. The van der Waals surface area contributed by atoms with E-state index in [4.69, 9.17) is 0 Å². The summed E-state index contributed by atoms with van der Waals surface area (Å²) in [4.78, 5) is 29.6. The Hall–Kier alpha value is -3.44. The lowest BCUT2D eigenvalue weighted by atomic mass is 10.1. The molecule has 0 saturated heterocycles. The van der Waals surface area contributed by atoms with E-state index in [1.807, 2.05) is 105 Å². The van der Waals surface area contributed by atoms with E-state index < -0.39 is 0 Å². The van der Waals surface area contributed by atoms with E-state index in [9.17, 15) is 9.59 Å². The van der Waals surface area contributed by atoms with E-state index in [1.54, 1.807) is 4.90 Å². The fraction of sp³-hybridized carbons (Fsp3) is 0.259. The predicted octanol–water partition coefficient (Wildman–Crippen LogP) is 4.06. The molecule has 0 radical (unpaired) electrons. The summed E-state index contributed by atoms with van der Waals surface area (Å²) >= 11 is 0. The first-order chi connectivity index (χ1) is 15.4. The van der Waals surface area contributed by atoms with Crippen molar-refractivity contribution in [3.05, 3.63) is 101 Å². The topological polar surface area (TPSA) is 52.7 Å². The molecule has 0 bridgehead atoms. The molecule has 32 heavy (non-hydrogen) atoms. The van der Waals surface area contributed by atoms with Gasteiger partial charge >= 0.3 is 0 Å². The standard InChI is InChI=1S/C27H31N3O2/c1-21-12-14-24(15-13-21)27(32)30(20-22-8-5-4-6-9-22)25-11-7-10-23(18-25)19-26(31)28-16-17-29(2)3/h4-15,18H,16-17,19-20H2,1-3H3,(H,28,31). The van der Waals surface area contributed by atoms with Crippen molar-refractivity contribution in [2.24, 2.45) is 0 Å². The van der Waals surface area contributed by atoms with Gasteiger partial charge in [-0.25, -0.2) is 0 Å². The first kappa shape index (κ1) is 23.2. The van der Waals surface area contributed by atoms with E-state index >= 15 is 0 Å². The van der Waals surface area contributed by atoms with Crippen molar-refractivity contribution in [3.63, 3.8) is 0 Å². The third-order valence-electron chi connectivity index (χ3n) is 5.20. The average molecular weight is 430 g/mol. The Morgan fingerprint density at radius 3 is 2.22 bits per heavy atom. The summed E-state index contributed by atoms with van der Waals surface area (Å²) in [6.45, 7) is 3.86. The number of hydrogen-bond acceptors (Lipinski definition) is 3. The Morgan fingerprint density at radius 1 is 0.844 bits per heavy atom. The van der Waals surface area contributed by atoms with Crippen LogP contribution >= 0.6 is 0 Å². The molecule has 0 fully saturated rings. The number of anilines is 1. The second-order valence-corrected chi connectivity index (χ2v) is 8.24. The third-order valence-corrected chi connectivity index (χ3v) is 5.20. The number of rotatable bonds is 9. The molecule has 3 aromatic carbocycles. The molecular weight excluding hydrogens is 398 g/mol. The van der Waals surface area contributed by atoms with Crippen molar-refractivity contribution < 1.29 is 9.59 Å². The fourth-order valence-corrected chi connectivity index (χ4v) is 3.40. The van der Waals surface area contributed by atoms with Crippen LogP contribution in [-0.2, 0) is 17.8 Å². The molecule has 0 aliphatic rings. The zero-order valence-corrected chi connectivity index (χ0v) is 19.0. The SMILES string of the molecule is Cc1ccc(C(=O)N(Cc2ccccc2)c2cccc(CC(=O)NCCN(C)C)c2)cc1. The van der Waals surface area contributed by atoms with Crippen molar-refractivity contribution in [1.29, 1.82) is 0 Å². The van der Waals surface area contributed by atoms with Gasteiger partial charge in [-0.2, -0.15) is 0 Å². The number of nitrogens with zero attached hydrogens (tertiary/aromatic N) is 2. The lowest BCUT2D eigenvalue weighted by Gasteiger charge is -2.24. The molecule has 3 aromatic rings. The van der Waals surface area contributed by atoms with E-state index in [0.717, 1.165) is 28.9 Å². The van der Waals surface area contributed by atoms with Crippen molar-refractivity contribution >= 4 is 17.5 Å². The zero-order chi connectivity index (χ0) is 22.9. The molecule has 0 atom stereocenters. The van der Waals surface area contributed by atoms with Crippen molar-refractivity contribution in [2.75, 3.05) is 32.1 Å². The summed E-state index contributed by atoms with van der Waals surface area (Å²) < 4.78 is 0. The van der Waals surface area contributed by atoms with Crippen molar-refractivity contribution in [1.82, 2.24) is 10.2 Å². The maximum Gasteiger partial charge on any atom is 0.258 e. The minimum atomic E-state index is -0.0681. The summed E-state index contributed by atoms with van der Waals surface area (Å²) in [5.41, 5.74) is 4.44. The summed E-state index contributed by atoms with van der Waals surface area (Å²) in [5.74, 6) is -0.0927. The van der Waals surface area contributed by atoms with E-state index in [-0.39, 0.29) is 18.2 Å². The van der Waals surface area contributed by atoms with E-state index in [2.05, 4.69) is 5.32 Å². The van der Waals surface area contributed by atoms with Crippen LogP contribution in [0.4, 0.5) is 5.69 Å². The molecule has 3 rings (SSSR count). The Kier molecular flexibility index (Phi) is 8.17. The predicted molar refractivity (Wildman–Crippen MR) is 130 cm³/mol. The Labute approximate surface area is 190 Å². The minimum absolute atomic E-state index is 0.0246. The molecule has 0 aliphatic carbocycles. The van der Waals surface area contributed by atoms with Gasteiger partial charge in [0.2, 0.25) is 5.91 Å². The number of likely N-dealkylation sites (N-methyl/N-ethyl adjacent to an activating group) is 1. The van der Waals surface area contributed by atoms with E-state index in [1.165, 1.54) is 0 Å². The Morgan fingerprint density at radius 2 is 1.53 bits per heavy atom. The number of carbonyl (C=O) groups is 2. The first-order valence-corrected chi connectivity index (χ1v) is 10.8. The number of amides is 2. The van der Waals surface area contributed by atoms with Crippen molar-refractivity contribution in [3.8, 4) is 0 Å². The molecule has 5 nitrogen and oxygen atoms in total. The smallest absolute Gasteiger partial charge is 0.258 e. The monoisotopic (exact) mass is 429 g/mol. The fourth-order valence-electron chi connectivity index (χ4n) is 3.40. The maximum absolute atomic E-state index is 13.4. The largest absolute Gasteiger partial charge is 0.355 e. The van der Waals surface area contributed by atoms with Crippen LogP contribution in [0, 0.1) is 6.92 Å². The molecule has 5 heteroatoms. The summed E-state index contributed by atoms with van der Waals surface area (Å²) in [6.07, 6.45) is 0.277. The second-order valence-electron chi connectivity index (χ2n) is 8.24. The van der Waals surface area contributed by atoms with Gasteiger partial charge in [-0.15, -0.1) is 0 Å². The quantitative estimate of drug-likeness (QED) is 0.558. The molecule has 0 saturated carbocycles. The van der Waals surface area contributed by atoms with Crippen LogP contribution in [0.5, 0.6) is 0 Å². The lowest BCUT2D eigenvalue weighted by molar-refractivity contribution is -0.120. The molecule has 0 heterocycles. The van der Waals surface area contributed by atoms with Gasteiger partial charge in [0.05, 0.1) is 13.0 Å². The van der Waals surface area contributed by atoms with Crippen LogP contribution in [-0.4, -0.2) is 43.9 Å². The molecule has 0 aliphatic heterocycles. The summed E-state index contributed by atoms with van der Waals surface area (Å²) in [5, 5.41) is 2.94. The Balaban J connectivity index is 1.82. The number of benzene rings is 3. The number of nitrogens with one attached hydrogen (secondary N) is 1. The van der Waals surface area contributed by atoms with Gasteiger partial charge < -0.3 is 15.1 Å². The zero-order valence-electron chi connectivity index (χ0n) is 19.0. The Bertz CT molecular complexity index is 1030. The maximum atomic E-state index is 13.4. The molecule has 2 amide bonds. The van der Waals surface area contributed by atoms with Gasteiger partial charge in [-0.1, -0.05) is 60.2 Å². The van der Waals surface area contributed by atoms with Crippen LogP contribution in [0.1, 0.15) is 27.0 Å². The van der Waals surface area contributed by atoms with Crippen LogP contribution in [0.3, 0.4) is 0 Å². The van der Waals surface area contributed by atoms with E-state index in [0.29, 0.717) is 18.7 Å². The highest BCUT2D eigenvalue weighted by molar-refractivity contribution is 6.06.